The van der Waals surface area contributed by atoms with Crippen LogP contribution in [-0.4, -0.2) is 6.54 Å². The van der Waals surface area contributed by atoms with Gasteiger partial charge >= 0.3 is 0 Å². The summed E-state index contributed by atoms with van der Waals surface area (Å²) in [7, 11) is 0. The van der Waals surface area contributed by atoms with E-state index in [0.29, 0.717) is 0 Å². The van der Waals surface area contributed by atoms with Crippen LogP contribution >= 0.6 is 11.3 Å². The van der Waals surface area contributed by atoms with Crippen molar-refractivity contribution in [2.24, 2.45) is 0 Å². The van der Waals surface area contributed by atoms with Crippen LogP contribution in [0.4, 0.5) is 0 Å². The fourth-order valence-corrected chi connectivity index (χ4v) is 1.94. The summed E-state index contributed by atoms with van der Waals surface area (Å²) in [5.74, 6) is 6.22. The largest absolute Gasteiger partial charge is 0.302 e. The fourth-order valence-electron chi connectivity index (χ4n) is 1.35. The van der Waals surface area contributed by atoms with Crippen LogP contribution < -0.4 is 5.32 Å². The molecule has 0 radical (unpaired) electrons. The van der Waals surface area contributed by atoms with Gasteiger partial charge in [-0.15, -0.1) is 11.3 Å². The maximum atomic E-state index is 3.30. The lowest BCUT2D eigenvalue weighted by atomic mass is 10.2. The molecule has 0 unspecified atom stereocenters. The smallest absolute Gasteiger partial charge is 0.0768 e. The summed E-state index contributed by atoms with van der Waals surface area (Å²) in [6.07, 6.45) is 0. The Labute approximate surface area is 100 Å². The second-order valence-electron chi connectivity index (χ2n) is 3.37. The minimum Gasteiger partial charge on any atom is -0.302 e. The van der Waals surface area contributed by atoms with Crippen LogP contribution in [0.25, 0.3) is 0 Å². The maximum Gasteiger partial charge on any atom is 0.0768 e. The van der Waals surface area contributed by atoms with Crippen molar-refractivity contribution in [3.05, 3.63) is 58.3 Å². The first-order valence-corrected chi connectivity index (χ1v) is 6.10. The monoisotopic (exact) mass is 227 g/mol. The quantitative estimate of drug-likeness (QED) is 0.628. The van der Waals surface area contributed by atoms with Crippen molar-refractivity contribution in [1.82, 2.24) is 5.32 Å². The SMILES string of the molecule is C(#Cc1cccs1)CNCc1ccccc1. The van der Waals surface area contributed by atoms with Crippen molar-refractivity contribution in [2.45, 2.75) is 6.54 Å². The minimum absolute atomic E-state index is 0.729. The Hall–Kier alpha value is -1.56. The van der Waals surface area contributed by atoms with Gasteiger partial charge in [0.15, 0.2) is 0 Å². The Morgan fingerprint density at radius 2 is 1.94 bits per heavy atom. The van der Waals surface area contributed by atoms with Crippen molar-refractivity contribution in [3.63, 3.8) is 0 Å². The van der Waals surface area contributed by atoms with Crippen LogP contribution in [0.2, 0.25) is 0 Å². The molecule has 1 nitrogen and oxygen atoms in total. The van der Waals surface area contributed by atoms with Gasteiger partial charge in [-0.3, -0.25) is 0 Å². The van der Waals surface area contributed by atoms with E-state index < -0.39 is 0 Å². The lowest BCUT2D eigenvalue weighted by Gasteiger charge is -1.99. The number of rotatable bonds is 3. The first-order valence-electron chi connectivity index (χ1n) is 5.22. The van der Waals surface area contributed by atoms with Gasteiger partial charge in [0.05, 0.1) is 11.4 Å². The topological polar surface area (TPSA) is 12.0 Å². The molecule has 16 heavy (non-hydrogen) atoms. The molecular formula is C14H13NS. The molecule has 0 spiro atoms. The van der Waals surface area contributed by atoms with Crippen molar-refractivity contribution in [2.75, 3.05) is 6.54 Å². The van der Waals surface area contributed by atoms with Crippen LogP contribution in [0.3, 0.4) is 0 Å². The molecule has 0 amide bonds. The first kappa shape index (κ1) is 10.9. The van der Waals surface area contributed by atoms with E-state index in [2.05, 4.69) is 29.3 Å². The normalized spacial score (nSPS) is 9.50. The Balaban J connectivity index is 1.73. The molecular weight excluding hydrogens is 214 g/mol. The second-order valence-corrected chi connectivity index (χ2v) is 4.32. The molecule has 0 aliphatic rings. The van der Waals surface area contributed by atoms with E-state index in [9.17, 15) is 0 Å². The van der Waals surface area contributed by atoms with Crippen LogP contribution in [0.1, 0.15) is 10.4 Å². The summed E-state index contributed by atoms with van der Waals surface area (Å²) < 4.78 is 0. The molecule has 1 aromatic heterocycles. The summed E-state index contributed by atoms with van der Waals surface area (Å²) in [6, 6.07) is 14.4. The summed E-state index contributed by atoms with van der Waals surface area (Å²) in [4.78, 5) is 1.13. The Morgan fingerprint density at radius 3 is 2.69 bits per heavy atom. The molecule has 1 aromatic carbocycles. The van der Waals surface area contributed by atoms with E-state index in [4.69, 9.17) is 0 Å². The maximum absolute atomic E-state index is 3.30. The molecule has 1 N–H and O–H groups in total. The van der Waals surface area contributed by atoms with E-state index in [1.54, 1.807) is 11.3 Å². The zero-order chi connectivity index (χ0) is 11.1. The third-order valence-electron chi connectivity index (χ3n) is 2.12. The van der Waals surface area contributed by atoms with Gasteiger partial charge in [0.2, 0.25) is 0 Å². The summed E-state index contributed by atoms with van der Waals surface area (Å²) in [5, 5.41) is 5.34. The molecule has 0 fully saturated rings. The zero-order valence-corrected chi connectivity index (χ0v) is 9.76. The molecule has 0 aliphatic carbocycles. The molecule has 0 bridgehead atoms. The predicted molar refractivity (Wildman–Crippen MR) is 69.3 cm³/mol. The number of hydrogen-bond donors (Lipinski definition) is 1. The molecule has 80 valence electrons. The predicted octanol–water partition coefficient (Wildman–Crippen LogP) is 2.89. The highest BCUT2D eigenvalue weighted by atomic mass is 32.1. The van der Waals surface area contributed by atoms with Crippen LogP contribution in [0.15, 0.2) is 47.8 Å². The van der Waals surface area contributed by atoms with Gasteiger partial charge in [-0.05, 0) is 17.0 Å². The van der Waals surface area contributed by atoms with Gasteiger partial charge in [-0.1, -0.05) is 48.2 Å². The van der Waals surface area contributed by atoms with Gasteiger partial charge in [0, 0.05) is 6.54 Å². The van der Waals surface area contributed by atoms with Crippen molar-refractivity contribution in [3.8, 4) is 11.8 Å². The Morgan fingerprint density at radius 1 is 1.06 bits per heavy atom. The molecule has 2 rings (SSSR count). The van der Waals surface area contributed by atoms with Crippen molar-refractivity contribution in [1.29, 1.82) is 0 Å². The van der Waals surface area contributed by atoms with E-state index >= 15 is 0 Å². The molecule has 2 heteroatoms. The third kappa shape index (κ3) is 3.54. The lowest BCUT2D eigenvalue weighted by Crippen LogP contribution is -2.12. The van der Waals surface area contributed by atoms with Gasteiger partial charge in [0.1, 0.15) is 0 Å². The highest BCUT2D eigenvalue weighted by Gasteiger charge is 1.88. The van der Waals surface area contributed by atoms with Crippen LogP contribution in [-0.2, 0) is 6.54 Å². The Kier molecular flexibility index (Phi) is 4.18. The van der Waals surface area contributed by atoms with Gasteiger partial charge < -0.3 is 5.32 Å². The highest BCUT2D eigenvalue weighted by Crippen LogP contribution is 2.05. The van der Waals surface area contributed by atoms with Crippen molar-refractivity contribution >= 4 is 11.3 Å². The van der Waals surface area contributed by atoms with E-state index in [1.165, 1.54) is 5.56 Å². The summed E-state index contributed by atoms with van der Waals surface area (Å²) in [5.41, 5.74) is 1.29. The number of benzene rings is 1. The average molecular weight is 227 g/mol. The van der Waals surface area contributed by atoms with Crippen LogP contribution in [0.5, 0.6) is 0 Å². The Bertz CT molecular complexity index is 462. The molecule has 1 heterocycles. The van der Waals surface area contributed by atoms with Gasteiger partial charge in [-0.25, -0.2) is 0 Å². The van der Waals surface area contributed by atoms with E-state index in [0.717, 1.165) is 18.0 Å². The highest BCUT2D eigenvalue weighted by molar-refractivity contribution is 7.10. The van der Waals surface area contributed by atoms with E-state index in [1.807, 2.05) is 35.7 Å². The van der Waals surface area contributed by atoms with Crippen LogP contribution in [0, 0.1) is 11.8 Å². The summed E-state index contributed by atoms with van der Waals surface area (Å²) in [6.45, 7) is 1.60. The zero-order valence-electron chi connectivity index (χ0n) is 8.94. The lowest BCUT2D eigenvalue weighted by molar-refractivity contribution is 0.770. The second kappa shape index (κ2) is 6.12. The minimum atomic E-state index is 0.729. The fraction of sp³-hybridized carbons (Fsp3) is 0.143. The molecule has 0 atom stereocenters. The number of nitrogens with one attached hydrogen (secondary N) is 1. The summed E-state index contributed by atoms with van der Waals surface area (Å²) >= 11 is 1.68. The number of hydrogen-bond acceptors (Lipinski definition) is 2. The molecule has 0 saturated carbocycles. The molecule has 0 aliphatic heterocycles. The van der Waals surface area contributed by atoms with Gasteiger partial charge in [-0.2, -0.15) is 0 Å². The molecule has 0 saturated heterocycles. The van der Waals surface area contributed by atoms with Gasteiger partial charge in [0.25, 0.3) is 0 Å². The molecule has 2 aromatic rings. The average Bonchev–Trinajstić information content (AvgIpc) is 2.83. The number of thiophene rings is 1. The standard InChI is InChI=1S/C14H13NS/c1-2-6-13(7-3-1)12-15-10-4-8-14-9-5-11-16-14/h1-3,5-7,9,11,15H,10,12H2. The van der Waals surface area contributed by atoms with E-state index in [-0.39, 0.29) is 0 Å². The van der Waals surface area contributed by atoms with Crippen molar-refractivity contribution < 1.29 is 0 Å². The third-order valence-corrected chi connectivity index (χ3v) is 2.90. The first-order chi connectivity index (χ1) is 7.95.